The van der Waals surface area contributed by atoms with Gasteiger partial charge in [-0.05, 0) is 36.2 Å². The number of hydrogen-bond donors (Lipinski definition) is 2. The van der Waals surface area contributed by atoms with E-state index in [1.807, 2.05) is 6.07 Å². The van der Waals surface area contributed by atoms with Gasteiger partial charge in [0.05, 0.1) is 5.02 Å². The first kappa shape index (κ1) is 15.9. The van der Waals surface area contributed by atoms with Crippen molar-refractivity contribution in [2.45, 2.75) is 6.42 Å². The first-order chi connectivity index (χ1) is 9.97. The highest BCUT2D eigenvalue weighted by Gasteiger charge is 2.12. The fourth-order valence-electron chi connectivity index (χ4n) is 1.74. The van der Waals surface area contributed by atoms with Gasteiger partial charge in [-0.25, -0.2) is 4.98 Å². The van der Waals surface area contributed by atoms with Crippen molar-refractivity contribution in [1.29, 1.82) is 0 Å². The Labute approximate surface area is 137 Å². The topological polar surface area (TPSA) is 68.0 Å². The van der Waals surface area contributed by atoms with Crippen molar-refractivity contribution >= 4 is 46.5 Å². The number of benzene rings is 1. The highest BCUT2D eigenvalue weighted by molar-refractivity contribution is 6.35. The lowest BCUT2D eigenvalue weighted by Gasteiger charge is -2.08. The van der Waals surface area contributed by atoms with Crippen LogP contribution >= 0.6 is 34.8 Å². The summed E-state index contributed by atoms with van der Waals surface area (Å²) in [6.07, 6.45) is 0.571. The van der Waals surface area contributed by atoms with E-state index >= 15 is 0 Å². The number of anilines is 1. The molecule has 0 aliphatic carbocycles. The lowest BCUT2D eigenvalue weighted by molar-refractivity contribution is 0.0949. The van der Waals surface area contributed by atoms with Crippen LogP contribution in [0.3, 0.4) is 0 Å². The van der Waals surface area contributed by atoms with E-state index in [4.69, 9.17) is 40.5 Å². The van der Waals surface area contributed by atoms with Gasteiger partial charge in [0.25, 0.3) is 5.91 Å². The molecule has 1 aromatic heterocycles. The van der Waals surface area contributed by atoms with Crippen LogP contribution < -0.4 is 11.1 Å². The molecule has 0 bridgehead atoms. The van der Waals surface area contributed by atoms with E-state index in [1.54, 1.807) is 12.1 Å². The number of nitrogens with zero attached hydrogens (tertiary/aromatic N) is 1. The normalized spacial score (nSPS) is 10.4. The smallest absolute Gasteiger partial charge is 0.271 e. The Hall–Kier alpha value is -1.49. The molecule has 110 valence electrons. The summed E-state index contributed by atoms with van der Waals surface area (Å²) in [4.78, 5) is 15.9. The molecule has 1 heterocycles. The average Bonchev–Trinajstić information content (AvgIpc) is 2.43. The predicted molar refractivity (Wildman–Crippen MR) is 86.2 cm³/mol. The summed E-state index contributed by atoms with van der Waals surface area (Å²) in [7, 11) is 0. The van der Waals surface area contributed by atoms with Crippen molar-refractivity contribution in [3.8, 4) is 0 Å². The first-order valence-corrected chi connectivity index (χ1v) is 7.25. The highest BCUT2D eigenvalue weighted by Crippen LogP contribution is 2.21. The number of amides is 1. The Kier molecular flexibility index (Phi) is 5.28. The summed E-state index contributed by atoms with van der Waals surface area (Å²) in [6.45, 7) is 0.396. The van der Waals surface area contributed by atoms with Gasteiger partial charge >= 0.3 is 0 Å². The Balaban J connectivity index is 1.97. The summed E-state index contributed by atoms with van der Waals surface area (Å²) in [5.41, 5.74) is 6.55. The average molecular weight is 345 g/mol. The second-order valence-corrected chi connectivity index (χ2v) is 5.56. The van der Waals surface area contributed by atoms with E-state index in [-0.39, 0.29) is 22.4 Å². The number of nitrogens with two attached hydrogens (primary N) is 1. The highest BCUT2D eigenvalue weighted by atomic mass is 35.5. The summed E-state index contributed by atoms with van der Waals surface area (Å²) < 4.78 is 0. The SMILES string of the molecule is Nc1ccc(Cl)c(C(=O)NCCc2ccc(Cl)cc2Cl)n1. The van der Waals surface area contributed by atoms with Gasteiger partial charge in [-0.3, -0.25) is 4.79 Å². The number of halogens is 3. The summed E-state index contributed by atoms with van der Waals surface area (Å²) in [6, 6.07) is 8.31. The lowest BCUT2D eigenvalue weighted by Crippen LogP contribution is -2.27. The van der Waals surface area contributed by atoms with Crippen LogP contribution in [0.15, 0.2) is 30.3 Å². The second kappa shape index (κ2) is 6.98. The van der Waals surface area contributed by atoms with E-state index in [1.165, 1.54) is 12.1 Å². The third-order valence-electron chi connectivity index (χ3n) is 2.78. The summed E-state index contributed by atoms with van der Waals surface area (Å²) >= 11 is 17.8. The molecular weight excluding hydrogens is 333 g/mol. The number of carbonyl (C=O) groups excluding carboxylic acids is 1. The van der Waals surface area contributed by atoms with E-state index in [0.717, 1.165) is 5.56 Å². The monoisotopic (exact) mass is 343 g/mol. The van der Waals surface area contributed by atoms with Gasteiger partial charge in [0.1, 0.15) is 11.5 Å². The molecule has 1 amide bonds. The van der Waals surface area contributed by atoms with Crippen molar-refractivity contribution in [2.75, 3.05) is 12.3 Å². The van der Waals surface area contributed by atoms with Crippen molar-refractivity contribution in [1.82, 2.24) is 10.3 Å². The minimum absolute atomic E-state index is 0.110. The summed E-state index contributed by atoms with van der Waals surface area (Å²) in [5, 5.41) is 4.12. The fraction of sp³-hybridized carbons (Fsp3) is 0.143. The third kappa shape index (κ3) is 4.24. The van der Waals surface area contributed by atoms with Crippen LogP contribution in [-0.2, 0) is 6.42 Å². The molecule has 4 nitrogen and oxygen atoms in total. The van der Waals surface area contributed by atoms with Crippen LogP contribution in [0.25, 0.3) is 0 Å². The molecule has 0 spiro atoms. The minimum Gasteiger partial charge on any atom is -0.384 e. The fourth-order valence-corrected chi connectivity index (χ4v) is 2.43. The molecular formula is C14H12Cl3N3O. The number of pyridine rings is 1. The first-order valence-electron chi connectivity index (χ1n) is 6.11. The van der Waals surface area contributed by atoms with Gasteiger partial charge in [-0.15, -0.1) is 0 Å². The van der Waals surface area contributed by atoms with E-state index in [2.05, 4.69) is 10.3 Å². The molecule has 0 fully saturated rings. The molecule has 0 saturated carbocycles. The maximum absolute atomic E-state index is 12.0. The van der Waals surface area contributed by atoms with Crippen LogP contribution in [0.5, 0.6) is 0 Å². The minimum atomic E-state index is -0.377. The number of nitrogen functional groups attached to an aromatic ring is 1. The Morgan fingerprint density at radius 1 is 1.14 bits per heavy atom. The predicted octanol–water partition coefficient (Wildman–Crippen LogP) is 3.60. The van der Waals surface area contributed by atoms with E-state index < -0.39 is 0 Å². The zero-order valence-corrected chi connectivity index (χ0v) is 13.1. The maximum atomic E-state index is 12.0. The quantitative estimate of drug-likeness (QED) is 0.890. The molecule has 1 aromatic carbocycles. The van der Waals surface area contributed by atoms with Crippen molar-refractivity contribution in [2.24, 2.45) is 0 Å². The van der Waals surface area contributed by atoms with E-state index in [9.17, 15) is 4.79 Å². The zero-order chi connectivity index (χ0) is 15.4. The van der Waals surface area contributed by atoms with Crippen molar-refractivity contribution < 1.29 is 4.79 Å². The number of nitrogens with one attached hydrogen (secondary N) is 1. The van der Waals surface area contributed by atoms with Crippen LogP contribution in [0.4, 0.5) is 5.82 Å². The molecule has 0 saturated heterocycles. The van der Waals surface area contributed by atoms with E-state index in [0.29, 0.717) is 23.0 Å². The van der Waals surface area contributed by atoms with Crippen molar-refractivity contribution in [3.05, 3.63) is 56.7 Å². The second-order valence-electron chi connectivity index (χ2n) is 4.31. The van der Waals surface area contributed by atoms with Gasteiger partial charge in [0.15, 0.2) is 0 Å². The standard InChI is InChI=1S/C14H12Cl3N3O/c15-9-2-1-8(11(17)7-9)5-6-19-14(21)13-10(16)3-4-12(18)20-13/h1-4,7H,5-6H2,(H2,18,20)(H,19,21). The molecule has 21 heavy (non-hydrogen) atoms. The Morgan fingerprint density at radius 2 is 1.90 bits per heavy atom. The number of rotatable bonds is 4. The van der Waals surface area contributed by atoms with Crippen LogP contribution in [0.2, 0.25) is 15.1 Å². The van der Waals surface area contributed by atoms with Gasteiger partial charge < -0.3 is 11.1 Å². The Morgan fingerprint density at radius 3 is 2.62 bits per heavy atom. The molecule has 2 rings (SSSR count). The zero-order valence-electron chi connectivity index (χ0n) is 10.9. The molecule has 0 radical (unpaired) electrons. The molecule has 3 N–H and O–H groups in total. The van der Waals surface area contributed by atoms with Gasteiger partial charge in [-0.2, -0.15) is 0 Å². The number of carbonyl (C=O) groups is 1. The van der Waals surface area contributed by atoms with Gasteiger partial charge in [-0.1, -0.05) is 40.9 Å². The third-order valence-corrected chi connectivity index (χ3v) is 3.67. The Bertz CT molecular complexity index is 677. The molecule has 0 unspecified atom stereocenters. The lowest BCUT2D eigenvalue weighted by atomic mass is 10.1. The van der Waals surface area contributed by atoms with Crippen LogP contribution in [-0.4, -0.2) is 17.4 Å². The van der Waals surface area contributed by atoms with Crippen LogP contribution in [0, 0.1) is 0 Å². The molecule has 0 aliphatic heterocycles. The molecule has 7 heteroatoms. The van der Waals surface area contributed by atoms with Crippen molar-refractivity contribution in [3.63, 3.8) is 0 Å². The molecule has 0 aliphatic rings. The van der Waals surface area contributed by atoms with Crippen LogP contribution in [0.1, 0.15) is 16.1 Å². The maximum Gasteiger partial charge on any atom is 0.271 e. The largest absolute Gasteiger partial charge is 0.384 e. The number of hydrogen-bond acceptors (Lipinski definition) is 3. The summed E-state index contributed by atoms with van der Waals surface area (Å²) in [5.74, 6) is -0.136. The van der Waals surface area contributed by atoms with Gasteiger partial charge in [0, 0.05) is 16.6 Å². The molecule has 2 aromatic rings. The number of aromatic nitrogens is 1. The van der Waals surface area contributed by atoms with Gasteiger partial charge in [0.2, 0.25) is 0 Å². The molecule has 0 atom stereocenters.